The van der Waals surface area contributed by atoms with Gasteiger partial charge in [0.15, 0.2) is 0 Å². The van der Waals surface area contributed by atoms with Crippen molar-refractivity contribution in [2.24, 2.45) is 0 Å². The number of halogens is 1. The number of nitrogens with zero attached hydrogens (tertiary/aromatic N) is 1. The zero-order chi connectivity index (χ0) is 15.4. The number of carbonyl (C=O) groups excluding carboxylic acids is 1. The average Bonchev–Trinajstić information content (AvgIpc) is 2.43. The number of rotatable bonds is 3. The summed E-state index contributed by atoms with van der Waals surface area (Å²) in [6.45, 7) is 1.55. The Morgan fingerprint density at radius 1 is 1.38 bits per heavy atom. The molecule has 0 saturated heterocycles. The van der Waals surface area contributed by atoms with E-state index in [0.29, 0.717) is 16.9 Å². The fraction of sp³-hybridized carbons (Fsp3) is 0.125. The van der Waals surface area contributed by atoms with Crippen LogP contribution in [0.4, 0.5) is 15.8 Å². The maximum Gasteiger partial charge on any atom is 0.228 e. The van der Waals surface area contributed by atoms with Gasteiger partial charge in [-0.05, 0) is 36.8 Å². The van der Waals surface area contributed by atoms with Crippen LogP contribution < -0.4 is 11.1 Å². The van der Waals surface area contributed by atoms with E-state index in [1.807, 2.05) is 6.07 Å². The van der Waals surface area contributed by atoms with Crippen LogP contribution in [0.3, 0.4) is 0 Å². The van der Waals surface area contributed by atoms with Crippen LogP contribution >= 0.6 is 0 Å². The van der Waals surface area contributed by atoms with E-state index in [4.69, 9.17) is 11.0 Å². The number of anilines is 2. The van der Waals surface area contributed by atoms with Crippen molar-refractivity contribution >= 4 is 17.3 Å². The third kappa shape index (κ3) is 3.57. The molecule has 0 spiro atoms. The fourth-order valence-electron chi connectivity index (χ4n) is 1.96. The predicted octanol–water partition coefficient (Wildman–Crippen LogP) is 2.77. The Morgan fingerprint density at radius 2 is 2.14 bits per heavy atom. The van der Waals surface area contributed by atoms with Crippen LogP contribution in [0.1, 0.15) is 16.7 Å². The molecule has 0 aliphatic rings. The quantitative estimate of drug-likeness (QED) is 0.850. The monoisotopic (exact) mass is 283 g/mol. The standard InChI is InChI=1S/C16H14FN3O/c1-10-14(17)6-12(9-18)7-15(10)20-16(21)8-11-3-2-4-13(19)5-11/h2-7H,8,19H2,1H3,(H,20,21). The molecule has 0 bridgehead atoms. The lowest BCUT2D eigenvalue weighted by atomic mass is 10.1. The van der Waals surface area contributed by atoms with Crippen molar-refractivity contribution in [1.29, 1.82) is 5.26 Å². The predicted molar refractivity (Wildman–Crippen MR) is 79.0 cm³/mol. The second-order valence-corrected chi connectivity index (χ2v) is 4.71. The maximum atomic E-state index is 13.6. The second kappa shape index (κ2) is 6.06. The molecule has 1 amide bonds. The molecule has 4 nitrogen and oxygen atoms in total. The molecule has 0 atom stereocenters. The van der Waals surface area contributed by atoms with Gasteiger partial charge in [-0.25, -0.2) is 4.39 Å². The molecular weight excluding hydrogens is 269 g/mol. The zero-order valence-corrected chi connectivity index (χ0v) is 11.5. The number of hydrogen-bond acceptors (Lipinski definition) is 3. The largest absolute Gasteiger partial charge is 0.399 e. The number of carbonyl (C=O) groups is 1. The molecule has 2 rings (SSSR count). The highest BCUT2D eigenvalue weighted by atomic mass is 19.1. The van der Waals surface area contributed by atoms with E-state index in [1.54, 1.807) is 31.2 Å². The maximum absolute atomic E-state index is 13.6. The topological polar surface area (TPSA) is 78.9 Å². The highest BCUT2D eigenvalue weighted by molar-refractivity contribution is 5.93. The molecule has 0 unspecified atom stereocenters. The van der Waals surface area contributed by atoms with Crippen LogP contribution in [-0.2, 0) is 11.2 Å². The third-order valence-electron chi connectivity index (χ3n) is 3.06. The summed E-state index contributed by atoms with van der Waals surface area (Å²) in [6, 6.07) is 11.4. The van der Waals surface area contributed by atoms with Gasteiger partial charge in [0, 0.05) is 16.9 Å². The van der Waals surface area contributed by atoms with Gasteiger partial charge in [0.25, 0.3) is 0 Å². The Labute approximate surface area is 122 Å². The van der Waals surface area contributed by atoms with E-state index in [2.05, 4.69) is 5.32 Å². The van der Waals surface area contributed by atoms with Crippen LogP contribution in [0.5, 0.6) is 0 Å². The average molecular weight is 283 g/mol. The molecule has 0 aliphatic carbocycles. The SMILES string of the molecule is Cc1c(F)cc(C#N)cc1NC(=O)Cc1cccc(N)c1. The molecule has 0 aromatic heterocycles. The Morgan fingerprint density at radius 3 is 2.81 bits per heavy atom. The highest BCUT2D eigenvalue weighted by Crippen LogP contribution is 2.20. The molecule has 2 aromatic rings. The van der Waals surface area contributed by atoms with E-state index in [-0.39, 0.29) is 17.9 Å². The number of nitrogen functional groups attached to an aromatic ring is 1. The molecule has 2 aromatic carbocycles. The molecule has 21 heavy (non-hydrogen) atoms. The van der Waals surface area contributed by atoms with E-state index >= 15 is 0 Å². The summed E-state index contributed by atoms with van der Waals surface area (Å²) in [7, 11) is 0. The van der Waals surface area contributed by atoms with Crippen molar-refractivity contribution in [1.82, 2.24) is 0 Å². The van der Waals surface area contributed by atoms with Gasteiger partial charge in [0.05, 0.1) is 18.1 Å². The molecule has 0 heterocycles. The highest BCUT2D eigenvalue weighted by Gasteiger charge is 2.11. The molecule has 3 N–H and O–H groups in total. The molecule has 0 fully saturated rings. The Bertz CT molecular complexity index is 735. The van der Waals surface area contributed by atoms with Crippen LogP contribution in [0.25, 0.3) is 0 Å². The Hall–Kier alpha value is -2.87. The summed E-state index contributed by atoms with van der Waals surface area (Å²) in [5.74, 6) is -0.813. The van der Waals surface area contributed by atoms with Crippen molar-refractivity contribution in [3.63, 3.8) is 0 Å². The second-order valence-electron chi connectivity index (χ2n) is 4.71. The molecule has 106 valence electrons. The first kappa shape index (κ1) is 14.5. The number of hydrogen-bond donors (Lipinski definition) is 2. The van der Waals surface area contributed by atoms with E-state index < -0.39 is 5.82 Å². The van der Waals surface area contributed by atoms with Crippen molar-refractivity contribution in [3.8, 4) is 6.07 Å². The zero-order valence-electron chi connectivity index (χ0n) is 11.5. The number of benzene rings is 2. The van der Waals surface area contributed by atoms with Crippen LogP contribution in [-0.4, -0.2) is 5.91 Å². The van der Waals surface area contributed by atoms with Gasteiger partial charge < -0.3 is 11.1 Å². The first-order valence-corrected chi connectivity index (χ1v) is 6.34. The normalized spacial score (nSPS) is 9.95. The van der Waals surface area contributed by atoms with Gasteiger partial charge in [0.1, 0.15) is 5.82 Å². The van der Waals surface area contributed by atoms with Crippen molar-refractivity contribution < 1.29 is 9.18 Å². The molecular formula is C16H14FN3O. The lowest BCUT2D eigenvalue weighted by Crippen LogP contribution is -2.15. The first-order chi connectivity index (χ1) is 9.99. The summed E-state index contributed by atoms with van der Waals surface area (Å²) in [5.41, 5.74) is 7.77. The van der Waals surface area contributed by atoms with Gasteiger partial charge in [-0.1, -0.05) is 12.1 Å². The minimum atomic E-state index is -0.520. The number of nitrogens with one attached hydrogen (secondary N) is 1. The van der Waals surface area contributed by atoms with Gasteiger partial charge in [-0.15, -0.1) is 0 Å². The lowest BCUT2D eigenvalue weighted by molar-refractivity contribution is -0.115. The lowest BCUT2D eigenvalue weighted by Gasteiger charge is -2.10. The molecule has 0 radical (unpaired) electrons. The van der Waals surface area contributed by atoms with Crippen LogP contribution in [0.2, 0.25) is 0 Å². The summed E-state index contributed by atoms with van der Waals surface area (Å²) in [5, 5.41) is 11.5. The van der Waals surface area contributed by atoms with Gasteiger partial charge in [-0.2, -0.15) is 5.26 Å². The molecule has 0 aliphatic heterocycles. The van der Waals surface area contributed by atoms with Crippen molar-refractivity contribution in [2.45, 2.75) is 13.3 Å². The first-order valence-electron chi connectivity index (χ1n) is 6.34. The number of nitriles is 1. The number of nitrogens with two attached hydrogens (primary N) is 1. The summed E-state index contributed by atoms with van der Waals surface area (Å²) < 4.78 is 13.6. The van der Waals surface area contributed by atoms with Gasteiger partial charge in [-0.3, -0.25) is 4.79 Å². The van der Waals surface area contributed by atoms with E-state index in [1.165, 1.54) is 6.07 Å². The smallest absolute Gasteiger partial charge is 0.228 e. The van der Waals surface area contributed by atoms with E-state index in [0.717, 1.165) is 11.6 Å². The minimum absolute atomic E-state index is 0.128. The molecule has 0 saturated carbocycles. The third-order valence-corrected chi connectivity index (χ3v) is 3.06. The van der Waals surface area contributed by atoms with Crippen molar-refractivity contribution in [2.75, 3.05) is 11.1 Å². The Balaban J connectivity index is 2.17. The van der Waals surface area contributed by atoms with Gasteiger partial charge in [0.2, 0.25) is 5.91 Å². The van der Waals surface area contributed by atoms with Crippen molar-refractivity contribution in [3.05, 3.63) is 58.9 Å². The van der Waals surface area contributed by atoms with Crippen LogP contribution in [0.15, 0.2) is 36.4 Å². The van der Waals surface area contributed by atoms with Crippen LogP contribution in [0, 0.1) is 24.1 Å². The summed E-state index contributed by atoms with van der Waals surface area (Å²) in [6.07, 6.45) is 0.128. The van der Waals surface area contributed by atoms with Gasteiger partial charge >= 0.3 is 0 Å². The molecule has 5 heteroatoms. The minimum Gasteiger partial charge on any atom is -0.399 e. The fourth-order valence-corrected chi connectivity index (χ4v) is 1.96. The summed E-state index contributed by atoms with van der Waals surface area (Å²) in [4.78, 5) is 12.0. The Kier molecular flexibility index (Phi) is 4.19. The number of amides is 1. The summed E-state index contributed by atoms with van der Waals surface area (Å²) >= 11 is 0. The van der Waals surface area contributed by atoms with E-state index in [9.17, 15) is 9.18 Å².